The highest BCUT2D eigenvalue weighted by Gasteiger charge is 2.44. The van der Waals surface area contributed by atoms with Gasteiger partial charge in [0, 0.05) is 5.92 Å². The van der Waals surface area contributed by atoms with Gasteiger partial charge in [-0.15, -0.1) is 0 Å². The van der Waals surface area contributed by atoms with Crippen LogP contribution in [0, 0.1) is 11.3 Å². The molecule has 1 heterocycles. The van der Waals surface area contributed by atoms with Gasteiger partial charge in [0.15, 0.2) is 5.84 Å². The minimum Gasteiger partial charge on any atom is -0.480 e. The molecule has 22 heavy (non-hydrogen) atoms. The fourth-order valence-corrected chi connectivity index (χ4v) is 2.23. The largest absolute Gasteiger partial charge is 0.480 e. The minimum absolute atomic E-state index is 0.376. The van der Waals surface area contributed by atoms with Crippen LogP contribution in [-0.4, -0.2) is 41.5 Å². The van der Waals surface area contributed by atoms with E-state index in [0.717, 1.165) is 31.4 Å². The highest BCUT2D eigenvalue weighted by Crippen LogP contribution is 2.44. The van der Waals surface area contributed by atoms with Gasteiger partial charge in [-0.25, -0.2) is 20.0 Å². The topological polar surface area (TPSA) is 95.9 Å². The van der Waals surface area contributed by atoms with Crippen LogP contribution in [0.5, 0.6) is 5.88 Å². The van der Waals surface area contributed by atoms with E-state index in [1.807, 2.05) is 0 Å². The van der Waals surface area contributed by atoms with E-state index in [-0.39, 0.29) is 0 Å². The van der Waals surface area contributed by atoms with Crippen LogP contribution < -0.4 is 4.74 Å². The number of hydrogen-bond donors (Lipinski definition) is 0. The Morgan fingerprint density at radius 1 is 1.50 bits per heavy atom. The molecule has 1 aromatic heterocycles. The molecule has 0 radical (unpaired) electrons. The lowest BCUT2D eigenvalue weighted by Crippen LogP contribution is -2.13. The molecular formula is C15H16N6O. The summed E-state index contributed by atoms with van der Waals surface area (Å²) in [5.74, 6) is 1.19. The quantitative estimate of drug-likeness (QED) is 0.612. The number of nitriles is 1. The normalized spacial score (nSPS) is 19.7. The molecule has 0 unspecified atom stereocenters. The average molecular weight is 296 g/mol. The van der Waals surface area contributed by atoms with Gasteiger partial charge in [0.25, 0.3) is 0 Å². The van der Waals surface area contributed by atoms with Gasteiger partial charge in [-0.2, -0.15) is 5.26 Å². The van der Waals surface area contributed by atoms with Crippen molar-refractivity contribution in [1.82, 2.24) is 9.97 Å². The second-order valence-electron chi connectivity index (χ2n) is 5.42. The second kappa shape index (κ2) is 5.64. The Kier molecular flexibility index (Phi) is 3.67. The first-order chi connectivity index (χ1) is 10.7. The van der Waals surface area contributed by atoms with Crippen molar-refractivity contribution in [3.05, 3.63) is 17.6 Å². The fraction of sp³-hybridized carbons (Fsp3) is 0.467. The molecule has 2 saturated carbocycles. The molecule has 2 aliphatic rings. The van der Waals surface area contributed by atoms with E-state index in [1.165, 1.54) is 12.7 Å². The van der Waals surface area contributed by atoms with E-state index in [9.17, 15) is 5.26 Å². The van der Waals surface area contributed by atoms with E-state index in [2.05, 4.69) is 37.7 Å². The lowest BCUT2D eigenvalue weighted by atomic mass is 10.1. The molecule has 0 amide bonds. The molecular weight excluding hydrogens is 280 g/mol. The molecule has 0 atom stereocenters. The van der Waals surface area contributed by atoms with Gasteiger partial charge in [0.1, 0.15) is 23.8 Å². The average Bonchev–Trinajstić information content (AvgIpc) is 3.45. The van der Waals surface area contributed by atoms with Gasteiger partial charge < -0.3 is 4.74 Å². The molecule has 0 aliphatic heterocycles. The predicted molar refractivity (Wildman–Crippen MR) is 82.7 cm³/mol. The first-order valence-electron chi connectivity index (χ1n) is 7.12. The summed E-state index contributed by atoms with van der Waals surface area (Å²) < 4.78 is 5.36. The Hall–Kier alpha value is -2.62. The second-order valence-corrected chi connectivity index (χ2v) is 5.42. The van der Waals surface area contributed by atoms with Crippen LogP contribution in [0.15, 0.2) is 21.3 Å². The fourth-order valence-electron chi connectivity index (χ4n) is 2.23. The molecule has 0 bridgehead atoms. The summed E-state index contributed by atoms with van der Waals surface area (Å²) in [4.78, 5) is 21.0. The van der Waals surface area contributed by atoms with Crippen molar-refractivity contribution in [1.29, 1.82) is 5.26 Å². The van der Waals surface area contributed by atoms with Gasteiger partial charge in [-0.3, -0.25) is 4.99 Å². The summed E-state index contributed by atoms with van der Waals surface area (Å²) in [5.41, 5.74) is 0.852. The minimum atomic E-state index is -0.685. The van der Waals surface area contributed by atoms with Gasteiger partial charge in [-0.05, 0) is 32.4 Å². The van der Waals surface area contributed by atoms with Crippen molar-refractivity contribution in [2.75, 3.05) is 7.11 Å². The number of aromatic nitrogens is 2. The molecule has 3 rings (SSSR count). The van der Waals surface area contributed by atoms with E-state index < -0.39 is 5.54 Å². The smallest absolute Gasteiger partial charge is 0.227 e. The third-order valence-electron chi connectivity index (χ3n) is 3.74. The highest BCUT2D eigenvalue weighted by atomic mass is 16.5. The number of methoxy groups -OCH3 is 1. The van der Waals surface area contributed by atoms with Crippen LogP contribution in [0.1, 0.15) is 42.9 Å². The first kappa shape index (κ1) is 14.3. The molecule has 0 saturated heterocycles. The number of aliphatic imine (C=N–C) groups is 3. The Morgan fingerprint density at radius 3 is 2.82 bits per heavy atom. The van der Waals surface area contributed by atoms with Crippen molar-refractivity contribution >= 4 is 18.9 Å². The van der Waals surface area contributed by atoms with Gasteiger partial charge in [-0.1, -0.05) is 0 Å². The molecule has 0 spiro atoms. The molecule has 1 aromatic rings. The maximum atomic E-state index is 9.29. The third-order valence-corrected chi connectivity index (χ3v) is 3.74. The number of nitrogens with zero attached hydrogens (tertiary/aromatic N) is 6. The number of amidine groups is 1. The van der Waals surface area contributed by atoms with Crippen molar-refractivity contribution in [3.63, 3.8) is 0 Å². The van der Waals surface area contributed by atoms with Gasteiger partial charge >= 0.3 is 0 Å². The van der Waals surface area contributed by atoms with E-state index >= 15 is 0 Å². The van der Waals surface area contributed by atoms with E-state index in [0.29, 0.717) is 23.2 Å². The summed E-state index contributed by atoms with van der Waals surface area (Å²) >= 11 is 0. The zero-order chi connectivity index (χ0) is 15.6. The Balaban J connectivity index is 2.13. The van der Waals surface area contributed by atoms with Gasteiger partial charge in [0.2, 0.25) is 5.88 Å². The van der Waals surface area contributed by atoms with Crippen LogP contribution in [0.3, 0.4) is 0 Å². The lowest BCUT2D eigenvalue weighted by Gasteiger charge is -2.12. The van der Waals surface area contributed by atoms with Crippen LogP contribution in [-0.2, 0) is 0 Å². The molecule has 7 heteroatoms. The van der Waals surface area contributed by atoms with Crippen LogP contribution in [0.2, 0.25) is 0 Å². The number of hydrogen-bond acceptors (Lipinski definition) is 5. The van der Waals surface area contributed by atoms with E-state index in [4.69, 9.17) is 4.74 Å². The summed E-state index contributed by atoms with van der Waals surface area (Å²) in [7, 11) is 1.55. The maximum absolute atomic E-state index is 9.29. The Bertz CT molecular complexity index is 694. The maximum Gasteiger partial charge on any atom is 0.227 e. The van der Waals surface area contributed by atoms with Crippen LogP contribution >= 0.6 is 0 Å². The summed E-state index contributed by atoms with van der Waals surface area (Å²) in [6.45, 7) is 3.39. The number of rotatable bonds is 5. The van der Waals surface area contributed by atoms with E-state index in [1.54, 1.807) is 7.11 Å². The Labute approximate surface area is 128 Å². The molecule has 2 aliphatic carbocycles. The van der Waals surface area contributed by atoms with Gasteiger partial charge in [0.05, 0.1) is 18.9 Å². The standard InChI is InChI=1S/C15H16N6O/c1-17-8-19-13(21-15(7-16)5-6-15)11-12(10-3-4-10)18-9-20-14(11)22-2/h8-10H,1,3-6H2,2H3. The highest BCUT2D eigenvalue weighted by molar-refractivity contribution is 6.06. The predicted octanol–water partition coefficient (Wildman–Crippen LogP) is 1.89. The third kappa shape index (κ3) is 2.72. The monoisotopic (exact) mass is 296 g/mol. The Morgan fingerprint density at radius 2 is 2.27 bits per heavy atom. The molecule has 0 aromatic carbocycles. The van der Waals surface area contributed by atoms with Crippen molar-refractivity contribution < 1.29 is 4.74 Å². The lowest BCUT2D eigenvalue weighted by molar-refractivity contribution is 0.394. The molecule has 2 fully saturated rings. The molecule has 112 valence electrons. The zero-order valence-corrected chi connectivity index (χ0v) is 12.4. The summed E-state index contributed by atoms with van der Waals surface area (Å²) in [5, 5.41) is 9.29. The van der Waals surface area contributed by atoms with Crippen molar-refractivity contribution in [2.45, 2.75) is 37.1 Å². The zero-order valence-electron chi connectivity index (χ0n) is 12.4. The van der Waals surface area contributed by atoms with Crippen molar-refractivity contribution in [2.24, 2.45) is 15.0 Å². The number of ether oxygens (including phenoxy) is 1. The van der Waals surface area contributed by atoms with Crippen LogP contribution in [0.25, 0.3) is 0 Å². The summed E-state index contributed by atoms with van der Waals surface area (Å²) in [6, 6.07) is 2.24. The molecule has 0 N–H and O–H groups in total. The van der Waals surface area contributed by atoms with Crippen LogP contribution in [0.4, 0.5) is 0 Å². The summed E-state index contributed by atoms with van der Waals surface area (Å²) in [6.07, 6.45) is 6.42. The molecule has 7 nitrogen and oxygen atoms in total. The van der Waals surface area contributed by atoms with Crippen molar-refractivity contribution in [3.8, 4) is 11.9 Å². The SMILES string of the molecule is C=NC=NC(=NC1(C#N)CC1)c1c(OC)ncnc1C1CC1. The first-order valence-corrected chi connectivity index (χ1v) is 7.12.